The topological polar surface area (TPSA) is 74.4 Å². The Morgan fingerprint density at radius 1 is 1.30 bits per heavy atom. The van der Waals surface area contributed by atoms with Gasteiger partial charge in [-0.15, -0.1) is 11.3 Å². The molecule has 1 unspecified atom stereocenters. The van der Waals surface area contributed by atoms with Crippen LogP contribution in [0, 0.1) is 12.3 Å². The molecule has 0 fully saturated rings. The molecule has 122 valence electrons. The average molecular weight is 330 g/mol. The molecule has 1 aromatic carbocycles. The van der Waals surface area contributed by atoms with Crippen molar-refractivity contribution in [1.82, 2.24) is 4.90 Å². The van der Waals surface area contributed by atoms with E-state index in [0.717, 1.165) is 26.6 Å². The summed E-state index contributed by atoms with van der Waals surface area (Å²) in [6, 6.07) is 10.2. The van der Waals surface area contributed by atoms with Gasteiger partial charge in [0.1, 0.15) is 16.6 Å². The Bertz CT molecular complexity index is 739. The van der Waals surface area contributed by atoms with Crippen LogP contribution in [0.3, 0.4) is 0 Å². The molecule has 0 amide bonds. The van der Waals surface area contributed by atoms with E-state index in [1.54, 1.807) is 23.3 Å². The molecule has 2 heterocycles. The van der Waals surface area contributed by atoms with E-state index in [0.29, 0.717) is 5.84 Å². The number of amidine groups is 1. The van der Waals surface area contributed by atoms with Gasteiger partial charge in [-0.2, -0.15) is 0 Å². The van der Waals surface area contributed by atoms with Crippen molar-refractivity contribution in [3.05, 3.63) is 41.5 Å². The van der Waals surface area contributed by atoms with Crippen LogP contribution in [0.25, 0.3) is 10.4 Å². The van der Waals surface area contributed by atoms with Crippen molar-refractivity contribution < 1.29 is 4.74 Å². The first kappa shape index (κ1) is 16.0. The summed E-state index contributed by atoms with van der Waals surface area (Å²) in [5, 5.41) is 12.9. The number of benzene rings is 1. The second kappa shape index (κ2) is 5.63. The van der Waals surface area contributed by atoms with Crippen LogP contribution < -0.4 is 11.1 Å². The number of nitrogens with zero attached hydrogens (tertiary/aromatic N) is 1. The Labute approximate surface area is 140 Å². The number of nitrogens with one attached hydrogen (secondary N) is 2. The minimum absolute atomic E-state index is 0.397. The summed E-state index contributed by atoms with van der Waals surface area (Å²) in [7, 11) is 1.63. The third-order valence-electron chi connectivity index (χ3n) is 4.30. The minimum Gasteiger partial charge on any atom is -0.359 e. The molecular formula is C17H22N4OS. The van der Waals surface area contributed by atoms with Gasteiger partial charge in [-0.1, -0.05) is 30.3 Å². The van der Waals surface area contributed by atoms with Crippen molar-refractivity contribution in [3.8, 4) is 10.4 Å². The van der Waals surface area contributed by atoms with E-state index >= 15 is 0 Å². The maximum atomic E-state index is 8.67. The quantitative estimate of drug-likeness (QED) is 0.806. The molecule has 1 aromatic heterocycles. The lowest BCUT2D eigenvalue weighted by atomic mass is 10.0. The van der Waals surface area contributed by atoms with Crippen molar-refractivity contribution >= 4 is 22.2 Å². The third-order valence-corrected chi connectivity index (χ3v) is 5.57. The second-order valence-electron chi connectivity index (χ2n) is 6.08. The number of hydrogen-bond donors (Lipinski definition) is 3. The number of fused-ring (bicyclic) bond motifs is 1. The van der Waals surface area contributed by atoms with Gasteiger partial charge in [-0.05, 0) is 31.9 Å². The van der Waals surface area contributed by atoms with Crippen LogP contribution in [0.1, 0.15) is 25.0 Å². The molecule has 3 rings (SSSR count). The van der Waals surface area contributed by atoms with Crippen LogP contribution in [0.15, 0.2) is 30.3 Å². The SMILES string of the molecule is COC(C)(C)N1C(=N)c2c(sc(-c3ccccc3)c2C)NC1N. The lowest BCUT2D eigenvalue weighted by molar-refractivity contribution is -0.0859. The molecule has 2 aromatic rings. The average Bonchev–Trinajstić information content (AvgIpc) is 2.84. The number of methoxy groups -OCH3 is 1. The fourth-order valence-corrected chi connectivity index (χ4v) is 4.17. The van der Waals surface area contributed by atoms with Crippen molar-refractivity contribution in [1.29, 1.82) is 5.41 Å². The predicted molar refractivity (Wildman–Crippen MR) is 95.8 cm³/mol. The normalized spacial score (nSPS) is 17.9. The Morgan fingerprint density at radius 2 is 1.96 bits per heavy atom. The highest BCUT2D eigenvalue weighted by molar-refractivity contribution is 7.20. The van der Waals surface area contributed by atoms with Gasteiger partial charge < -0.3 is 10.1 Å². The molecule has 1 aliphatic heterocycles. The third kappa shape index (κ3) is 2.52. The predicted octanol–water partition coefficient (Wildman–Crippen LogP) is 3.40. The molecule has 5 nitrogen and oxygen atoms in total. The summed E-state index contributed by atoms with van der Waals surface area (Å²) in [6.45, 7) is 5.88. The number of nitrogens with two attached hydrogens (primary N) is 1. The molecule has 0 saturated carbocycles. The van der Waals surface area contributed by atoms with Crippen molar-refractivity contribution in [2.24, 2.45) is 5.73 Å². The molecule has 0 bridgehead atoms. The highest BCUT2D eigenvalue weighted by Gasteiger charge is 2.39. The zero-order chi connectivity index (χ0) is 16.8. The first-order valence-corrected chi connectivity index (χ1v) is 8.33. The lowest BCUT2D eigenvalue weighted by Gasteiger charge is -2.45. The molecule has 23 heavy (non-hydrogen) atoms. The fraction of sp³-hybridized carbons (Fsp3) is 0.353. The fourth-order valence-electron chi connectivity index (χ4n) is 2.93. The van der Waals surface area contributed by atoms with Crippen LogP contribution in [-0.4, -0.2) is 29.9 Å². The molecule has 1 aliphatic rings. The number of rotatable bonds is 3. The number of ether oxygens (including phenoxy) is 1. The van der Waals surface area contributed by atoms with Gasteiger partial charge in [0.2, 0.25) is 0 Å². The molecule has 1 atom stereocenters. The standard InChI is InChI=1S/C17H22N4OS/c1-10-12-14(18)21(17(2,3)22-4)16(19)20-15(12)23-13(10)11-8-6-5-7-9-11/h5-9,16,18,20H,19H2,1-4H3. The van der Waals surface area contributed by atoms with E-state index in [4.69, 9.17) is 15.9 Å². The highest BCUT2D eigenvalue weighted by Crippen LogP contribution is 2.43. The van der Waals surface area contributed by atoms with Gasteiger partial charge in [-0.3, -0.25) is 16.0 Å². The Hall–Kier alpha value is -1.89. The Morgan fingerprint density at radius 3 is 2.57 bits per heavy atom. The van der Waals surface area contributed by atoms with E-state index in [9.17, 15) is 0 Å². The van der Waals surface area contributed by atoms with Crippen LogP contribution in [-0.2, 0) is 4.74 Å². The van der Waals surface area contributed by atoms with Gasteiger partial charge in [0, 0.05) is 12.0 Å². The first-order chi connectivity index (χ1) is 10.9. The zero-order valence-electron chi connectivity index (χ0n) is 13.8. The number of hydrogen-bond acceptors (Lipinski definition) is 5. The molecular weight excluding hydrogens is 308 g/mol. The second-order valence-corrected chi connectivity index (χ2v) is 7.11. The van der Waals surface area contributed by atoms with E-state index in [1.165, 1.54) is 0 Å². The van der Waals surface area contributed by atoms with Gasteiger partial charge >= 0.3 is 0 Å². The number of anilines is 1. The molecule has 0 radical (unpaired) electrons. The lowest BCUT2D eigenvalue weighted by Crippen LogP contribution is -2.62. The number of thiophene rings is 1. The van der Waals surface area contributed by atoms with Gasteiger partial charge in [0.05, 0.1) is 5.56 Å². The molecule has 0 spiro atoms. The van der Waals surface area contributed by atoms with E-state index in [1.807, 2.05) is 32.0 Å². The summed E-state index contributed by atoms with van der Waals surface area (Å²) in [4.78, 5) is 2.93. The summed E-state index contributed by atoms with van der Waals surface area (Å²) in [5.41, 5.74) is 8.74. The van der Waals surface area contributed by atoms with Crippen LogP contribution in [0.4, 0.5) is 5.00 Å². The summed E-state index contributed by atoms with van der Waals surface area (Å²) in [6.07, 6.45) is -0.494. The van der Waals surface area contributed by atoms with Crippen LogP contribution in [0.5, 0.6) is 0 Å². The molecule has 0 saturated heterocycles. The Balaban J connectivity index is 2.10. The highest BCUT2D eigenvalue weighted by atomic mass is 32.1. The van der Waals surface area contributed by atoms with E-state index in [2.05, 4.69) is 24.4 Å². The van der Waals surface area contributed by atoms with Crippen LogP contribution >= 0.6 is 11.3 Å². The molecule has 0 aliphatic carbocycles. The maximum Gasteiger partial charge on any atom is 0.156 e. The summed E-state index contributed by atoms with van der Waals surface area (Å²) >= 11 is 1.64. The van der Waals surface area contributed by atoms with Gasteiger partial charge in [-0.25, -0.2) is 0 Å². The van der Waals surface area contributed by atoms with E-state index in [-0.39, 0.29) is 0 Å². The van der Waals surface area contributed by atoms with Gasteiger partial charge in [0.25, 0.3) is 0 Å². The monoisotopic (exact) mass is 330 g/mol. The molecule has 6 heteroatoms. The zero-order valence-corrected chi connectivity index (χ0v) is 14.6. The van der Waals surface area contributed by atoms with E-state index < -0.39 is 12.0 Å². The molecule has 4 N–H and O–H groups in total. The Kier molecular flexibility index (Phi) is 3.91. The first-order valence-electron chi connectivity index (χ1n) is 7.51. The smallest absolute Gasteiger partial charge is 0.156 e. The van der Waals surface area contributed by atoms with Crippen molar-refractivity contribution in [2.75, 3.05) is 12.4 Å². The summed E-state index contributed by atoms with van der Waals surface area (Å²) in [5.74, 6) is 0.397. The van der Waals surface area contributed by atoms with Crippen molar-refractivity contribution in [3.63, 3.8) is 0 Å². The van der Waals surface area contributed by atoms with Crippen LogP contribution in [0.2, 0.25) is 0 Å². The largest absolute Gasteiger partial charge is 0.359 e. The summed E-state index contributed by atoms with van der Waals surface area (Å²) < 4.78 is 5.53. The minimum atomic E-state index is -0.664. The maximum absolute atomic E-state index is 8.67. The van der Waals surface area contributed by atoms with Gasteiger partial charge in [0.15, 0.2) is 6.29 Å². The van der Waals surface area contributed by atoms with Crippen molar-refractivity contribution in [2.45, 2.75) is 32.8 Å².